The van der Waals surface area contributed by atoms with Gasteiger partial charge in [0, 0.05) is 36.6 Å². The van der Waals surface area contributed by atoms with Crippen LogP contribution >= 0.6 is 54.3 Å². The summed E-state index contributed by atoms with van der Waals surface area (Å²) in [6, 6.07) is 160. The van der Waals surface area contributed by atoms with Crippen molar-refractivity contribution in [3.63, 3.8) is 0 Å². The number of fused-ring (bicyclic) bond motifs is 1. The molecule has 0 radical (unpaired) electrons. The molecule has 2 heterocycles. The third-order valence-electron chi connectivity index (χ3n) is 20.5. The van der Waals surface area contributed by atoms with E-state index in [9.17, 15) is 5.11 Å². The molecule has 16 aromatic carbocycles. The van der Waals surface area contributed by atoms with Crippen LogP contribution in [0.25, 0.3) is 22.3 Å². The Balaban J connectivity index is 0.000000152. The summed E-state index contributed by atoms with van der Waals surface area (Å²) in [5.74, 6) is 3.61. The standard InChI is InChI=1S/C26H32N6O2.4C18H15P.C7H9BO3.C7H7IO.Pd/c1-5-21(15-33)29-26-30-24(23-25(31-26)32(16-28-23)17(2)3)27-14-18-6-8-19(9-7-18)20-10-12-22(34-4)13-11-20;4*1-4-10-16(11-5-1)19(17-12-6-2-7-13-17)18-14-8-3-9-15-18;1-11-7-4-2-6(3-5-7)8(9)10;1-9-7-4-2-6(8)3-5-7;/h6-13,16-17,21,33H,5,14-15H2,1-4H3,(H2,27,29,30,31);4*1-15H;2-5,9-10H,1H3;2-5H,1H3;/t21-;;;;;;;/m1......./s1. The summed E-state index contributed by atoms with van der Waals surface area (Å²) in [7, 11) is 1.71. The van der Waals surface area contributed by atoms with Crippen LogP contribution in [-0.4, -0.2) is 75.8 Å². The number of ether oxygens (including phenoxy) is 3. The fourth-order valence-electron chi connectivity index (χ4n) is 13.8. The molecule has 0 unspecified atom stereocenters. The van der Waals surface area contributed by atoms with Crippen LogP contribution in [0.4, 0.5) is 11.8 Å². The first-order valence-corrected chi connectivity index (χ1v) is 49.5. The average Bonchev–Trinajstić information content (AvgIpc) is 1.62. The zero-order chi connectivity index (χ0) is 90.7. The van der Waals surface area contributed by atoms with Gasteiger partial charge in [0.1, 0.15) is 17.2 Å². The molecule has 12 nitrogen and oxygen atoms in total. The van der Waals surface area contributed by atoms with Gasteiger partial charge in [0.2, 0.25) is 5.95 Å². The molecule has 18 aromatic rings. The van der Waals surface area contributed by atoms with Crippen molar-refractivity contribution < 1.29 is 49.8 Å². The molecule has 0 spiro atoms. The minimum atomic E-state index is -1.40. The van der Waals surface area contributed by atoms with Crippen LogP contribution in [0.15, 0.2) is 467 Å². The summed E-state index contributed by atoms with van der Waals surface area (Å²) in [5, 5.41) is 50.4. The second-order valence-corrected chi connectivity index (χ2v) is 39.8. The van der Waals surface area contributed by atoms with E-state index in [1.807, 2.05) is 47.9 Å². The van der Waals surface area contributed by atoms with Crippen molar-refractivity contribution >= 4 is 153 Å². The smallest absolute Gasteiger partial charge is 0.488 e. The molecule has 0 amide bonds. The number of rotatable bonds is 25. The van der Waals surface area contributed by atoms with E-state index in [0.717, 1.165) is 45.8 Å². The Kier molecular flexibility index (Phi) is 41.6. The summed E-state index contributed by atoms with van der Waals surface area (Å²) < 4.78 is 18.3. The topological polar surface area (TPSA) is 156 Å². The predicted octanol–water partition coefficient (Wildman–Crippen LogP) is 20.3. The molecule has 0 aliphatic carbocycles. The van der Waals surface area contributed by atoms with Crippen molar-refractivity contribution in [1.82, 2.24) is 19.5 Å². The van der Waals surface area contributed by atoms with Crippen molar-refractivity contribution in [2.75, 3.05) is 38.6 Å². The Morgan fingerprint density at radius 3 is 0.840 bits per heavy atom. The molecule has 662 valence electrons. The molecule has 0 aliphatic rings. The number of aromatic nitrogens is 4. The first-order chi connectivity index (χ1) is 63.9. The summed E-state index contributed by atoms with van der Waals surface area (Å²) in [5.41, 5.74) is 5.37. The van der Waals surface area contributed by atoms with Crippen molar-refractivity contribution in [3.8, 4) is 28.4 Å². The van der Waals surface area contributed by atoms with Gasteiger partial charge in [0.25, 0.3) is 0 Å². The van der Waals surface area contributed by atoms with Gasteiger partial charge in [0.15, 0.2) is 17.0 Å². The minimum Gasteiger partial charge on any atom is -0.497 e. The number of aliphatic hydroxyl groups is 1. The minimum absolute atomic E-state index is 0. The molecule has 0 aliphatic heterocycles. The van der Waals surface area contributed by atoms with Gasteiger partial charge in [-0.1, -0.05) is 419 Å². The molecular formula is C112H108BIN6O6P4Pd. The van der Waals surface area contributed by atoms with Crippen molar-refractivity contribution in [2.45, 2.75) is 45.8 Å². The van der Waals surface area contributed by atoms with Crippen LogP contribution in [0.3, 0.4) is 0 Å². The SMILES string of the molecule is CC[C@H](CO)Nc1nc(NCc2ccc(-c3ccc(OC)cc3)cc2)c2ncn(C(C)C)c2n1.COc1ccc(B(O)O)cc1.COc1ccc(I)cc1.[Pd].c1ccc(P(c2ccccc2)c2ccccc2)cc1.c1ccc(P(c2ccccc2)c2ccccc2)cc1.c1ccc(P(c2ccccc2)c2ccccc2)cc1.c1ccc(P(c2ccccc2)c2ccccc2)cc1. The van der Waals surface area contributed by atoms with Gasteiger partial charge in [-0.05, 0) is 209 Å². The molecule has 131 heavy (non-hydrogen) atoms. The Labute approximate surface area is 805 Å². The number of imidazole rings is 1. The van der Waals surface area contributed by atoms with Gasteiger partial charge in [-0.3, -0.25) is 0 Å². The molecular weight excluding hydrogens is 1890 g/mol. The molecule has 0 bridgehead atoms. The van der Waals surface area contributed by atoms with Crippen LogP contribution in [-0.2, 0) is 27.0 Å². The zero-order valence-corrected chi connectivity index (χ0v) is 81.4. The first kappa shape index (κ1) is 99.7. The average molecular weight is 2000 g/mol. The van der Waals surface area contributed by atoms with Crippen LogP contribution in [0.5, 0.6) is 17.2 Å². The largest absolute Gasteiger partial charge is 0.497 e. The maximum atomic E-state index is 9.60. The fourth-order valence-corrected chi connectivity index (χ4v) is 23.4. The van der Waals surface area contributed by atoms with Crippen LogP contribution in [0.2, 0.25) is 0 Å². The Morgan fingerprint density at radius 2 is 0.603 bits per heavy atom. The number of anilines is 2. The van der Waals surface area contributed by atoms with E-state index in [1.54, 1.807) is 51.9 Å². The summed E-state index contributed by atoms with van der Waals surface area (Å²) in [6.45, 7) is 6.82. The first-order valence-electron chi connectivity index (χ1n) is 43.1. The fraction of sp³-hybridized carbons (Fsp3) is 0.0982. The van der Waals surface area contributed by atoms with E-state index in [4.69, 9.17) is 24.3 Å². The Morgan fingerprint density at radius 1 is 0.351 bits per heavy atom. The third kappa shape index (κ3) is 30.6. The van der Waals surface area contributed by atoms with Crippen LogP contribution in [0.1, 0.15) is 38.8 Å². The number of benzene rings is 16. The predicted molar refractivity (Wildman–Crippen MR) is 565 cm³/mol. The van der Waals surface area contributed by atoms with Gasteiger partial charge >= 0.3 is 7.12 Å². The molecule has 5 N–H and O–H groups in total. The van der Waals surface area contributed by atoms with Crippen molar-refractivity contribution in [1.29, 1.82) is 0 Å². The normalized spacial score (nSPS) is 10.7. The van der Waals surface area contributed by atoms with E-state index >= 15 is 0 Å². The summed E-state index contributed by atoms with van der Waals surface area (Å²) >= 11 is 2.26. The Hall–Kier alpha value is -11.9. The van der Waals surface area contributed by atoms with Gasteiger partial charge in [0.05, 0.1) is 40.3 Å². The number of hydrogen-bond acceptors (Lipinski definition) is 11. The molecule has 0 saturated heterocycles. The molecule has 1 atom stereocenters. The van der Waals surface area contributed by atoms with Crippen LogP contribution in [0, 0.1) is 3.57 Å². The number of methoxy groups -OCH3 is 3. The monoisotopic (exact) mass is 2000 g/mol. The van der Waals surface area contributed by atoms with E-state index in [0.29, 0.717) is 29.5 Å². The maximum Gasteiger partial charge on any atom is 0.488 e. The Bertz CT molecular complexity index is 5320. The van der Waals surface area contributed by atoms with Crippen molar-refractivity contribution in [2.24, 2.45) is 0 Å². The quantitative estimate of drug-likeness (QED) is 0.0211. The van der Waals surface area contributed by atoms with Gasteiger partial charge < -0.3 is 44.6 Å². The second kappa shape index (κ2) is 54.7. The summed E-state index contributed by atoms with van der Waals surface area (Å²) in [4.78, 5) is 13.9. The second-order valence-electron chi connectivity index (χ2n) is 29.7. The van der Waals surface area contributed by atoms with Gasteiger partial charge in [-0.15, -0.1) is 0 Å². The van der Waals surface area contributed by atoms with E-state index in [2.05, 4.69) is 462 Å². The molecule has 0 saturated carbocycles. The summed E-state index contributed by atoms with van der Waals surface area (Å²) in [6.07, 6.45) is 2.57. The number of hydrogen-bond donors (Lipinski definition) is 5. The molecule has 0 fully saturated rings. The number of aliphatic hydroxyl groups excluding tert-OH is 1. The maximum absolute atomic E-state index is 9.60. The van der Waals surface area contributed by atoms with E-state index in [-0.39, 0.29) is 39.1 Å². The molecule has 19 heteroatoms. The van der Waals surface area contributed by atoms with Crippen LogP contribution < -0.4 is 94.0 Å². The van der Waals surface area contributed by atoms with Gasteiger partial charge in [-0.25, -0.2) is 4.98 Å². The molecule has 18 rings (SSSR count). The number of nitrogens with one attached hydrogen (secondary N) is 2. The third-order valence-corrected chi connectivity index (χ3v) is 31.0. The molecule has 2 aromatic heterocycles. The number of nitrogens with zero attached hydrogens (tertiary/aromatic N) is 4. The van der Waals surface area contributed by atoms with E-state index < -0.39 is 38.8 Å². The van der Waals surface area contributed by atoms with Gasteiger partial charge in [-0.2, -0.15) is 9.97 Å². The zero-order valence-electron chi connectivity index (χ0n) is 74.1. The van der Waals surface area contributed by atoms with E-state index in [1.165, 1.54) is 67.2 Å². The number of halogens is 1. The van der Waals surface area contributed by atoms with Crippen molar-refractivity contribution in [3.05, 3.63) is 477 Å².